The van der Waals surface area contributed by atoms with Gasteiger partial charge >= 0.3 is 5.97 Å². The van der Waals surface area contributed by atoms with Gasteiger partial charge in [-0.05, 0) is 37.6 Å². The summed E-state index contributed by atoms with van der Waals surface area (Å²) in [5, 5.41) is 3.69. The molecule has 136 valence electrons. The van der Waals surface area contributed by atoms with E-state index >= 15 is 0 Å². The van der Waals surface area contributed by atoms with Crippen molar-refractivity contribution in [2.24, 2.45) is 0 Å². The van der Waals surface area contributed by atoms with Crippen LogP contribution in [0.3, 0.4) is 0 Å². The fourth-order valence-corrected chi connectivity index (χ4v) is 4.48. The minimum Gasteiger partial charge on any atom is -0.451 e. The Morgan fingerprint density at radius 3 is 2.77 bits per heavy atom. The summed E-state index contributed by atoms with van der Waals surface area (Å²) in [4.78, 5) is 29.9. The number of carbonyl (C=O) groups is 2. The third-order valence-electron chi connectivity index (χ3n) is 3.78. The van der Waals surface area contributed by atoms with E-state index in [4.69, 9.17) is 4.74 Å². The van der Waals surface area contributed by atoms with Gasteiger partial charge in [0.15, 0.2) is 6.61 Å². The summed E-state index contributed by atoms with van der Waals surface area (Å²) in [5.74, 6) is -0.761. The Kier molecular flexibility index (Phi) is 6.00. The van der Waals surface area contributed by atoms with Crippen molar-refractivity contribution in [1.82, 2.24) is 10.3 Å². The maximum absolute atomic E-state index is 12.2. The first-order chi connectivity index (χ1) is 12.6. The molecule has 2 heterocycles. The third kappa shape index (κ3) is 4.47. The predicted octanol–water partition coefficient (Wildman–Crippen LogP) is 4.49. The molecule has 3 aromatic rings. The van der Waals surface area contributed by atoms with Crippen molar-refractivity contribution in [1.29, 1.82) is 0 Å². The zero-order valence-corrected chi connectivity index (χ0v) is 16.3. The third-order valence-corrected chi connectivity index (χ3v) is 6.05. The van der Waals surface area contributed by atoms with Crippen molar-refractivity contribution in [3.63, 3.8) is 0 Å². The fraction of sp³-hybridized carbons (Fsp3) is 0.316. The molecule has 0 spiro atoms. The van der Waals surface area contributed by atoms with E-state index in [1.165, 1.54) is 11.3 Å². The summed E-state index contributed by atoms with van der Waals surface area (Å²) in [6, 6.07) is 11.6. The Labute approximate surface area is 160 Å². The number of hydrogen-bond acceptors (Lipinski definition) is 6. The van der Waals surface area contributed by atoms with Crippen LogP contribution in [0.5, 0.6) is 0 Å². The average molecular weight is 389 g/mol. The lowest BCUT2D eigenvalue weighted by atomic mass is 10.2. The van der Waals surface area contributed by atoms with Gasteiger partial charge in [0.1, 0.15) is 9.88 Å². The molecule has 0 bridgehead atoms. The number of nitrogens with one attached hydrogen (secondary N) is 1. The van der Waals surface area contributed by atoms with E-state index in [-0.39, 0.29) is 18.6 Å². The van der Waals surface area contributed by atoms with Gasteiger partial charge in [0, 0.05) is 6.04 Å². The van der Waals surface area contributed by atoms with Crippen LogP contribution in [-0.2, 0) is 9.53 Å². The maximum atomic E-state index is 12.2. The molecule has 1 N–H and O–H groups in total. The molecule has 0 aliphatic carbocycles. The highest BCUT2D eigenvalue weighted by atomic mass is 32.1. The van der Waals surface area contributed by atoms with Gasteiger partial charge in [-0.25, -0.2) is 9.78 Å². The first-order valence-electron chi connectivity index (χ1n) is 8.49. The summed E-state index contributed by atoms with van der Waals surface area (Å²) in [7, 11) is 0. The van der Waals surface area contributed by atoms with E-state index in [0.29, 0.717) is 4.88 Å². The number of benzene rings is 1. The molecule has 7 heteroatoms. The zero-order valence-electron chi connectivity index (χ0n) is 14.7. The summed E-state index contributed by atoms with van der Waals surface area (Å²) < 4.78 is 6.23. The molecule has 1 atom stereocenters. The van der Waals surface area contributed by atoms with Gasteiger partial charge < -0.3 is 10.1 Å². The number of aromatic nitrogens is 1. The van der Waals surface area contributed by atoms with Gasteiger partial charge in [0.25, 0.3) is 5.91 Å². The molecule has 0 saturated heterocycles. The van der Waals surface area contributed by atoms with Gasteiger partial charge in [-0.15, -0.1) is 22.7 Å². The fourth-order valence-electron chi connectivity index (χ4n) is 2.56. The van der Waals surface area contributed by atoms with Crippen LogP contribution in [-0.4, -0.2) is 29.5 Å². The molecule has 0 fully saturated rings. The molecule has 2 aromatic heterocycles. The second-order valence-corrected chi connectivity index (χ2v) is 8.10. The van der Waals surface area contributed by atoms with Crippen LogP contribution in [0, 0.1) is 0 Å². The Balaban J connectivity index is 1.60. The van der Waals surface area contributed by atoms with Crippen LogP contribution in [0.1, 0.15) is 36.4 Å². The van der Waals surface area contributed by atoms with Crippen LogP contribution < -0.4 is 5.32 Å². The van der Waals surface area contributed by atoms with Crippen molar-refractivity contribution in [2.75, 3.05) is 6.61 Å². The number of rotatable bonds is 7. The van der Waals surface area contributed by atoms with Gasteiger partial charge in [-0.1, -0.05) is 25.5 Å². The maximum Gasteiger partial charge on any atom is 0.348 e. The summed E-state index contributed by atoms with van der Waals surface area (Å²) in [6.07, 6.45) is 1.89. The van der Waals surface area contributed by atoms with Crippen LogP contribution in [0.4, 0.5) is 0 Å². The second kappa shape index (κ2) is 8.42. The number of carbonyl (C=O) groups excluding carboxylic acids is 2. The number of thiophene rings is 1. The van der Waals surface area contributed by atoms with E-state index < -0.39 is 5.97 Å². The molecule has 0 unspecified atom stereocenters. The molecule has 1 aromatic carbocycles. The Hall–Kier alpha value is -2.25. The molecule has 0 saturated carbocycles. The normalized spacial score (nSPS) is 12.1. The molecular weight excluding hydrogens is 368 g/mol. The van der Waals surface area contributed by atoms with E-state index in [9.17, 15) is 9.59 Å². The highest BCUT2D eigenvalue weighted by Crippen LogP contribution is 2.34. The number of esters is 1. The molecule has 1 amide bonds. The average Bonchev–Trinajstić information content (AvgIpc) is 3.26. The quantitative estimate of drug-likeness (QED) is 0.606. The van der Waals surface area contributed by atoms with Crippen LogP contribution in [0.15, 0.2) is 36.4 Å². The smallest absolute Gasteiger partial charge is 0.348 e. The van der Waals surface area contributed by atoms with Crippen molar-refractivity contribution in [2.45, 2.75) is 32.7 Å². The molecule has 0 aliphatic rings. The molecular formula is C19H20N2O3S2. The SMILES string of the molecule is CCC[C@H](C)NC(=O)COC(=O)c1ccc(-c2nc3ccccc3s2)s1. The zero-order chi connectivity index (χ0) is 18.5. The van der Waals surface area contributed by atoms with E-state index in [1.807, 2.05) is 37.3 Å². The Morgan fingerprint density at radius 2 is 2.00 bits per heavy atom. The van der Waals surface area contributed by atoms with Crippen molar-refractivity contribution in [3.8, 4) is 9.88 Å². The number of ether oxygens (including phenoxy) is 1. The topological polar surface area (TPSA) is 68.3 Å². The lowest BCUT2D eigenvalue weighted by molar-refractivity contribution is -0.124. The van der Waals surface area contributed by atoms with Crippen molar-refractivity contribution in [3.05, 3.63) is 41.3 Å². The minimum absolute atomic E-state index is 0.0820. The van der Waals surface area contributed by atoms with Crippen LogP contribution in [0.25, 0.3) is 20.1 Å². The number of thiazole rings is 1. The molecule has 0 aliphatic heterocycles. The van der Waals surface area contributed by atoms with E-state index in [1.54, 1.807) is 17.4 Å². The summed E-state index contributed by atoms with van der Waals surface area (Å²) >= 11 is 2.91. The largest absolute Gasteiger partial charge is 0.451 e. The highest BCUT2D eigenvalue weighted by molar-refractivity contribution is 7.26. The lowest BCUT2D eigenvalue weighted by Gasteiger charge is -2.12. The standard InChI is InChI=1S/C19H20N2O3S2/c1-3-6-12(2)20-17(22)11-24-19(23)16-10-9-15(25-16)18-21-13-7-4-5-8-14(13)26-18/h4-5,7-10,12H,3,6,11H2,1-2H3,(H,20,22)/t12-/m0/s1. The first-order valence-corrected chi connectivity index (χ1v) is 10.1. The van der Waals surface area contributed by atoms with Crippen LogP contribution >= 0.6 is 22.7 Å². The van der Waals surface area contributed by atoms with Gasteiger partial charge in [0.2, 0.25) is 0 Å². The number of amides is 1. The molecule has 5 nitrogen and oxygen atoms in total. The predicted molar refractivity (Wildman–Crippen MR) is 106 cm³/mol. The van der Waals surface area contributed by atoms with Crippen molar-refractivity contribution >= 4 is 44.8 Å². The van der Waals surface area contributed by atoms with Gasteiger partial charge in [-0.2, -0.15) is 0 Å². The Morgan fingerprint density at radius 1 is 1.19 bits per heavy atom. The number of fused-ring (bicyclic) bond motifs is 1. The first kappa shape index (κ1) is 18.5. The van der Waals surface area contributed by atoms with Gasteiger partial charge in [-0.3, -0.25) is 4.79 Å². The van der Waals surface area contributed by atoms with E-state index in [0.717, 1.165) is 32.9 Å². The Bertz CT molecular complexity index is 883. The minimum atomic E-state index is -0.486. The second-order valence-electron chi connectivity index (χ2n) is 5.98. The molecule has 3 rings (SSSR count). The van der Waals surface area contributed by atoms with E-state index in [2.05, 4.69) is 17.2 Å². The number of para-hydroxylation sites is 1. The number of nitrogens with zero attached hydrogens (tertiary/aromatic N) is 1. The summed E-state index contributed by atoms with van der Waals surface area (Å²) in [6.45, 7) is 3.73. The van der Waals surface area contributed by atoms with Crippen LogP contribution in [0.2, 0.25) is 0 Å². The summed E-state index contributed by atoms with van der Waals surface area (Å²) in [5.41, 5.74) is 0.947. The highest BCUT2D eigenvalue weighted by Gasteiger charge is 2.16. The molecule has 26 heavy (non-hydrogen) atoms. The number of hydrogen-bond donors (Lipinski definition) is 1. The van der Waals surface area contributed by atoms with Crippen molar-refractivity contribution < 1.29 is 14.3 Å². The monoisotopic (exact) mass is 388 g/mol. The molecule has 0 radical (unpaired) electrons. The lowest BCUT2D eigenvalue weighted by Crippen LogP contribution is -2.35. The van der Waals surface area contributed by atoms with Gasteiger partial charge in [0.05, 0.1) is 15.1 Å².